The minimum Gasteiger partial charge on any atom is -0.481 e. The molecule has 3 aliphatic rings. The average molecular weight is 358 g/mol. The molecule has 1 aromatic rings. The standard InChI is InChI=1S/C19H26N4O3/c24-17(23-12-15-4-3-6-19(15,14-23)18(25)26)13-21-8-10-22(11-9-21)16-5-1-2-7-20-16/h1-2,5,7,15H,3-4,6,8-14H2,(H,25,26)/t15-,19+/m0/s1. The predicted molar refractivity (Wildman–Crippen MR) is 96.9 cm³/mol. The molecule has 3 heterocycles. The zero-order valence-electron chi connectivity index (χ0n) is 15.0. The number of carbonyl (C=O) groups excluding carboxylic acids is 1. The Morgan fingerprint density at radius 1 is 1.23 bits per heavy atom. The van der Waals surface area contributed by atoms with Crippen LogP contribution in [0, 0.1) is 11.3 Å². The van der Waals surface area contributed by atoms with Crippen LogP contribution < -0.4 is 4.90 Å². The number of carboxylic acids is 1. The van der Waals surface area contributed by atoms with Gasteiger partial charge < -0.3 is 14.9 Å². The molecule has 1 amide bonds. The molecule has 1 aliphatic carbocycles. The Morgan fingerprint density at radius 3 is 2.69 bits per heavy atom. The Hall–Kier alpha value is -2.15. The maximum Gasteiger partial charge on any atom is 0.311 e. The van der Waals surface area contributed by atoms with Gasteiger partial charge in [0.05, 0.1) is 12.0 Å². The summed E-state index contributed by atoms with van der Waals surface area (Å²) in [5.74, 6) is 0.463. The highest BCUT2D eigenvalue weighted by Crippen LogP contribution is 2.48. The minimum atomic E-state index is -0.723. The summed E-state index contributed by atoms with van der Waals surface area (Å²) < 4.78 is 0. The fourth-order valence-corrected chi connectivity index (χ4v) is 4.80. The molecule has 2 aliphatic heterocycles. The molecule has 4 rings (SSSR count). The maximum atomic E-state index is 12.7. The molecule has 7 nitrogen and oxygen atoms in total. The van der Waals surface area contributed by atoms with Crippen LogP contribution in [0.3, 0.4) is 0 Å². The summed E-state index contributed by atoms with van der Waals surface area (Å²) in [7, 11) is 0. The second-order valence-electron chi connectivity index (χ2n) is 7.78. The van der Waals surface area contributed by atoms with E-state index >= 15 is 0 Å². The van der Waals surface area contributed by atoms with Crippen LogP contribution in [-0.2, 0) is 9.59 Å². The monoisotopic (exact) mass is 358 g/mol. The second-order valence-corrected chi connectivity index (χ2v) is 7.78. The third-order valence-electron chi connectivity index (χ3n) is 6.35. The molecular weight excluding hydrogens is 332 g/mol. The summed E-state index contributed by atoms with van der Waals surface area (Å²) in [6.45, 7) is 4.74. The largest absolute Gasteiger partial charge is 0.481 e. The van der Waals surface area contributed by atoms with E-state index < -0.39 is 11.4 Å². The molecule has 2 saturated heterocycles. The quantitative estimate of drug-likeness (QED) is 0.862. The summed E-state index contributed by atoms with van der Waals surface area (Å²) in [5, 5.41) is 9.67. The summed E-state index contributed by atoms with van der Waals surface area (Å²) in [6, 6.07) is 5.91. The number of likely N-dealkylation sites (tertiary alicyclic amines) is 1. The number of anilines is 1. The lowest BCUT2D eigenvalue weighted by Crippen LogP contribution is -2.50. The van der Waals surface area contributed by atoms with Crippen LogP contribution in [0.25, 0.3) is 0 Å². The smallest absolute Gasteiger partial charge is 0.311 e. The molecule has 140 valence electrons. The van der Waals surface area contributed by atoms with Crippen molar-refractivity contribution in [2.24, 2.45) is 11.3 Å². The number of hydrogen-bond donors (Lipinski definition) is 1. The van der Waals surface area contributed by atoms with Crippen molar-refractivity contribution in [3.8, 4) is 0 Å². The van der Waals surface area contributed by atoms with E-state index in [4.69, 9.17) is 0 Å². The minimum absolute atomic E-state index is 0.0753. The number of hydrogen-bond acceptors (Lipinski definition) is 5. The van der Waals surface area contributed by atoms with Crippen molar-refractivity contribution >= 4 is 17.7 Å². The number of aromatic nitrogens is 1. The summed E-state index contributed by atoms with van der Waals surface area (Å²) in [5.41, 5.74) is -0.687. The molecule has 0 aromatic carbocycles. The fourth-order valence-electron chi connectivity index (χ4n) is 4.80. The van der Waals surface area contributed by atoms with Crippen LogP contribution in [0.15, 0.2) is 24.4 Å². The van der Waals surface area contributed by atoms with E-state index in [0.717, 1.165) is 44.8 Å². The van der Waals surface area contributed by atoms with Gasteiger partial charge in [0.1, 0.15) is 5.82 Å². The molecular formula is C19H26N4O3. The van der Waals surface area contributed by atoms with E-state index in [2.05, 4.69) is 14.8 Å². The van der Waals surface area contributed by atoms with Gasteiger partial charge in [0.2, 0.25) is 5.91 Å². The SMILES string of the molecule is O=C(CN1CCN(c2ccccn2)CC1)N1C[C@@H]2CCC[C@@]2(C(=O)O)C1. The van der Waals surface area contributed by atoms with E-state index in [9.17, 15) is 14.7 Å². The number of rotatable bonds is 4. The van der Waals surface area contributed by atoms with Crippen LogP contribution in [0.5, 0.6) is 0 Å². The Bertz CT molecular complexity index is 675. The molecule has 26 heavy (non-hydrogen) atoms. The molecule has 1 saturated carbocycles. The highest BCUT2D eigenvalue weighted by atomic mass is 16.4. The first kappa shape index (κ1) is 17.3. The van der Waals surface area contributed by atoms with E-state index in [0.29, 0.717) is 26.1 Å². The van der Waals surface area contributed by atoms with Crippen molar-refractivity contribution in [3.05, 3.63) is 24.4 Å². The number of carboxylic acid groups (broad SMARTS) is 1. The zero-order valence-corrected chi connectivity index (χ0v) is 15.0. The van der Waals surface area contributed by atoms with E-state index in [1.54, 1.807) is 11.1 Å². The Kier molecular flexibility index (Phi) is 4.56. The lowest BCUT2D eigenvalue weighted by atomic mass is 9.81. The fraction of sp³-hybridized carbons (Fsp3) is 0.632. The normalized spacial score (nSPS) is 29.0. The van der Waals surface area contributed by atoms with Crippen molar-refractivity contribution in [1.82, 2.24) is 14.8 Å². The molecule has 2 atom stereocenters. The van der Waals surface area contributed by atoms with E-state index in [1.807, 2.05) is 18.2 Å². The van der Waals surface area contributed by atoms with Gasteiger partial charge in [-0.05, 0) is 30.9 Å². The van der Waals surface area contributed by atoms with Crippen molar-refractivity contribution in [3.63, 3.8) is 0 Å². The molecule has 3 fully saturated rings. The van der Waals surface area contributed by atoms with Gasteiger partial charge in [0.15, 0.2) is 0 Å². The molecule has 1 aromatic heterocycles. The van der Waals surface area contributed by atoms with Crippen molar-refractivity contribution in [2.45, 2.75) is 19.3 Å². The van der Waals surface area contributed by atoms with Crippen molar-refractivity contribution < 1.29 is 14.7 Å². The molecule has 0 unspecified atom stereocenters. The van der Waals surface area contributed by atoms with E-state index in [1.165, 1.54) is 0 Å². The van der Waals surface area contributed by atoms with Gasteiger partial charge >= 0.3 is 5.97 Å². The van der Waals surface area contributed by atoms with Gasteiger partial charge in [-0.15, -0.1) is 0 Å². The first-order valence-corrected chi connectivity index (χ1v) is 9.48. The van der Waals surface area contributed by atoms with Crippen LogP contribution in [-0.4, -0.2) is 77.6 Å². The zero-order chi connectivity index (χ0) is 18.1. The third kappa shape index (κ3) is 3.05. The van der Waals surface area contributed by atoms with Gasteiger partial charge in [-0.3, -0.25) is 14.5 Å². The predicted octanol–water partition coefficient (Wildman–Crippen LogP) is 0.917. The number of amides is 1. The first-order valence-electron chi connectivity index (χ1n) is 9.48. The highest BCUT2D eigenvalue weighted by Gasteiger charge is 2.55. The second kappa shape index (κ2) is 6.87. The summed E-state index contributed by atoms with van der Waals surface area (Å²) >= 11 is 0. The van der Waals surface area contributed by atoms with Crippen molar-refractivity contribution in [1.29, 1.82) is 0 Å². The van der Waals surface area contributed by atoms with Crippen LogP contribution in [0.1, 0.15) is 19.3 Å². The maximum absolute atomic E-state index is 12.7. The Labute approximate surface area is 153 Å². The summed E-state index contributed by atoms with van der Waals surface area (Å²) in [6.07, 6.45) is 4.40. The van der Waals surface area contributed by atoms with Crippen LogP contribution >= 0.6 is 0 Å². The summed E-state index contributed by atoms with van der Waals surface area (Å²) in [4.78, 5) is 35.1. The van der Waals surface area contributed by atoms with E-state index in [-0.39, 0.29) is 11.8 Å². The molecule has 0 radical (unpaired) electrons. The lowest BCUT2D eigenvalue weighted by molar-refractivity contribution is -0.149. The van der Waals surface area contributed by atoms with Crippen LogP contribution in [0.4, 0.5) is 5.82 Å². The first-order chi connectivity index (χ1) is 12.6. The van der Waals surface area contributed by atoms with Gasteiger partial charge in [-0.25, -0.2) is 4.98 Å². The topological polar surface area (TPSA) is 77.0 Å². The number of carbonyl (C=O) groups is 2. The number of piperazine rings is 1. The number of aliphatic carboxylic acids is 1. The number of fused-ring (bicyclic) bond motifs is 1. The van der Waals surface area contributed by atoms with Gasteiger partial charge in [0, 0.05) is 45.5 Å². The van der Waals surface area contributed by atoms with Crippen LogP contribution in [0.2, 0.25) is 0 Å². The molecule has 1 N–H and O–H groups in total. The lowest BCUT2D eigenvalue weighted by Gasteiger charge is -2.35. The average Bonchev–Trinajstić information content (AvgIpc) is 3.22. The molecule has 7 heteroatoms. The van der Waals surface area contributed by atoms with Crippen molar-refractivity contribution in [2.75, 3.05) is 50.7 Å². The molecule has 0 bridgehead atoms. The number of pyridine rings is 1. The van der Waals surface area contributed by atoms with Gasteiger partial charge in [0.25, 0.3) is 0 Å². The highest BCUT2D eigenvalue weighted by molar-refractivity contribution is 5.82. The number of nitrogens with zero attached hydrogens (tertiary/aromatic N) is 4. The van der Waals surface area contributed by atoms with Gasteiger partial charge in [-0.1, -0.05) is 12.5 Å². The Morgan fingerprint density at radius 2 is 2.04 bits per heavy atom. The Balaban J connectivity index is 1.31. The third-order valence-corrected chi connectivity index (χ3v) is 6.35. The van der Waals surface area contributed by atoms with Gasteiger partial charge in [-0.2, -0.15) is 0 Å². The molecule has 0 spiro atoms.